The first-order valence-electron chi connectivity index (χ1n) is 8.63. The van der Waals surface area contributed by atoms with Crippen LogP contribution in [0.4, 0.5) is 4.39 Å². The normalized spacial score (nSPS) is 26.3. The fourth-order valence-electron chi connectivity index (χ4n) is 4.01. The summed E-state index contributed by atoms with van der Waals surface area (Å²) in [6, 6.07) is 3.72. The lowest BCUT2D eigenvalue weighted by Gasteiger charge is -2.51. The van der Waals surface area contributed by atoms with Gasteiger partial charge in [-0.25, -0.2) is 4.39 Å². The predicted molar refractivity (Wildman–Crippen MR) is 93.8 cm³/mol. The van der Waals surface area contributed by atoms with E-state index in [1.54, 1.807) is 4.90 Å². The third-order valence-electron chi connectivity index (χ3n) is 5.56. The molecule has 0 saturated carbocycles. The molecule has 0 unspecified atom stereocenters. The highest BCUT2D eigenvalue weighted by molar-refractivity contribution is 6.30. The minimum atomic E-state index is -0.783. The first-order chi connectivity index (χ1) is 12.3. The summed E-state index contributed by atoms with van der Waals surface area (Å²) in [4.78, 5) is 28.1. The number of carbonyl (C=O) groups excluding carboxylic acids is 1. The molecule has 142 valence electrons. The summed E-state index contributed by atoms with van der Waals surface area (Å²) in [5.74, 6) is -1.23. The van der Waals surface area contributed by atoms with Gasteiger partial charge in [-0.2, -0.15) is 0 Å². The predicted octanol–water partition coefficient (Wildman–Crippen LogP) is 2.26. The zero-order valence-corrected chi connectivity index (χ0v) is 15.3. The molecule has 1 N–H and O–H groups in total. The van der Waals surface area contributed by atoms with E-state index in [9.17, 15) is 19.1 Å². The number of hydrogen-bond donors (Lipinski definition) is 1. The number of fused-ring (bicyclic) bond motifs is 1. The average molecular weight is 385 g/mol. The molecule has 0 spiro atoms. The Kier molecular flexibility index (Phi) is 5.39. The molecule has 2 aliphatic rings. The molecule has 2 heterocycles. The standard InChI is InChI=1S/C18H22ClFN2O4/c1-21-7-2-5-18(17(24)25)6-8-22(10-15(18)21)16(23)11-26-12-3-4-14(20)13(19)9-12/h3-4,9,15H,2,5-8,10-11H2,1H3,(H,24,25)/t15-,18+/m1/s1. The van der Waals surface area contributed by atoms with Gasteiger partial charge in [-0.3, -0.25) is 9.59 Å². The van der Waals surface area contributed by atoms with E-state index < -0.39 is 17.2 Å². The monoisotopic (exact) mass is 384 g/mol. The quantitative estimate of drug-likeness (QED) is 0.862. The summed E-state index contributed by atoms with van der Waals surface area (Å²) in [6.07, 6.45) is 1.93. The molecule has 0 aromatic heterocycles. The minimum Gasteiger partial charge on any atom is -0.484 e. The summed E-state index contributed by atoms with van der Waals surface area (Å²) in [6.45, 7) is 1.39. The molecule has 0 aliphatic carbocycles. The molecule has 0 bridgehead atoms. The van der Waals surface area contributed by atoms with Gasteiger partial charge in [0.1, 0.15) is 11.6 Å². The second-order valence-electron chi connectivity index (χ2n) is 7.02. The molecule has 2 saturated heterocycles. The van der Waals surface area contributed by atoms with E-state index in [2.05, 4.69) is 0 Å². The van der Waals surface area contributed by atoms with Gasteiger partial charge >= 0.3 is 5.97 Å². The van der Waals surface area contributed by atoms with Crippen molar-refractivity contribution in [2.75, 3.05) is 33.3 Å². The van der Waals surface area contributed by atoms with Gasteiger partial charge < -0.3 is 19.6 Å². The summed E-state index contributed by atoms with van der Waals surface area (Å²) in [5.41, 5.74) is -0.783. The Bertz CT molecular complexity index is 716. The molecule has 26 heavy (non-hydrogen) atoms. The molecule has 0 radical (unpaired) electrons. The van der Waals surface area contributed by atoms with Crippen molar-refractivity contribution in [2.24, 2.45) is 5.41 Å². The second-order valence-corrected chi connectivity index (χ2v) is 7.42. The van der Waals surface area contributed by atoms with Crippen LogP contribution >= 0.6 is 11.6 Å². The number of likely N-dealkylation sites (tertiary alicyclic amines) is 2. The van der Waals surface area contributed by atoms with Crippen LogP contribution in [0.3, 0.4) is 0 Å². The number of ether oxygens (including phenoxy) is 1. The number of carboxylic acids is 1. The summed E-state index contributed by atoms with van der Waals surface area (Å²) in [5, 5.41) is 9.70. The smallest absolute Gasteiger partial charge is 0.311 e. The van der Waals surface area contributed by atoms with Gasteiger partial charge in [-0.05, 0) is 45.0 Å². The summed E-state index contributed by atoms with van der Waals surface area (Å²) >= 11 is 5.70. The third kappa shape index (κ3) is 3.50. The van der Waals surface area contributed by atoms with Gasteiger partial charge in [-0.15, -0.1) is 0 Å². The van der Waals surface area contributed by atoms with Crippen LogP contribution in [0.1, 0.15) is 19.3 Å². The molecule has 2 atom stereocenters. The van der Waals surface area contributed by atoms with Crippen LogP contribution in [0.5, 0.6) is 5.75 Å². The Morgan fingerprint density at radius 1 is 1.38 bits per heavy atom. The van der Waals surface area contributed by atoms with Crippen LogP contribution in [0.15, 0.2) is 18.2 Å². The Morgan fingerprint density at radius 2 is 2.15 bits per heavy atom. The number of benzene rings is 1. The van der Waals surface area contributed by atoms with Crippen molar-refractivity contribution in [2.45, 2.75) is 25.3 Å². The van der Waals surface area contributed by atoms with Crippen molar-refractivity contribution in [3.63, 3.8) is 0 Å². The van der Waals surface area contributed by atoms with Crippen molar-refractivity contribution < 1.29 is 23.8 Å². The Balaban J connectivity index is 1.64. The molecule has 1 aromatic rings. The SMILES string of the molecule is CN1CCC[C@]2(C(=O)O)CCN(C(=O)COc3ccc(F)c(Cl)c3)C[C@@H]12. The second kappa shape index (κ2) is 7.40. The maximum absolute atomic E-state index is 13.2. The first kappa shape index (κ1) is 18.9. The fourth-order valence-corrected chi connectivity index (χ4v) is 4.18. The Labute approximate surface area is 156 Å². The number of piperidine rings is 2. The van der Waals surface area contributed by atoms with Crippen molar-refractivity contribution in [1.82, 2.24) is 9.80 Å². The van der Waals surface area contributed by atoms with E-state index in [4.69, 9.17) is 16.3 Å². The number of likely N-dealkylation sites (N-methyl/N-ethyl adjacent to an activating group) is 1. The lowest BCUT2D eigenvalue weighted by Crippen LogP contribution is -2.64. The number of amides is 1. The van der Waals surface area contributed by atoms with E-state index in [0.29, 0.717) is 31.7 Å². The van der Waals surface area contributed by atoms with Gasteiger partial charge in [-0.1, -0.05) is 11.6 Å². The van der Waals surface area contributed by atoms with E-state index in [0.717, 1.165) is 13.0 Å². The molecule has 3 rings (SSSR count). The lowest BCUT2D eigenvalue weighted by atomic mass is 9.68. The summed E-state index contributed by atoms with van der Waals surface area (Å²) < 4.78 is 18.6. The van der Waals surface area contributed by atoms with Gasteiger partial charge in [0, 0.05) is 25.2 Å². The number of carboxylic acid groups (broad SMARTS) is 1. The highest BCUT2D eigenvalue weighted by Crippen LogP contribution is 2.42. The fraction of sp³-hybridized carbons (Fsp3) is 0.556. The molecule has 6 nitrogen and oxygen atoms in total. The van der Waals surface area contributed by atoms with Crippen molar-refractivity contribution in [3.05, 3.63) is 29.0 Å². The van der Waals surface area contributed by atoms with Crippen LogP contribution in [0, 0.1) is 11.2 Å². The topological polar surface area (TPSA) is 70.1 Å². The zero-order chi connectivity index (χ0) is 18.9. The first-order valence-corrected chi connectivity index (χ1v) is 9.00. The average Bonchev–Trinajstić information content (AvgIpc) is 2.62. The molecular formula is C18H22ClFN2O4. The molecule has 1 amide bonds. The van der Waals surface area contributed by atoms with E-state index in [-0.39, 0.29) is 23.6 Å². The van der Waals surface area contributed by atoms with E-state index in [1.807, 2.05) is 11.9 Å². The van der Waals surface area contributed by atoms with Gasteiger partial charge in [0.2, 0.25) is 0 Å². The van der Waals surface area contributed by atoms with Crippen LogP contribution < -0.4 is 4.74 Å². The van der Waals surface area contributed by atoms with Crippen LogP contribution in [-0.2, 0) is 9.59 Å². The van der Waals surface area contributed by atoms with Gasteiger partial charge in [0.05, 0.1) is 10.4 Å². The van der Waals surface area contributed by atoms with Gasteiger partial charge in [0.25, 0.3) is 5.91 Å². The lowest BCUT2D eigenvalue weighted by molar-refractivity contribution is -0.165. The molecule has 1 aromatic carbocycles. The zero-order valence-electron chi connectivity index (χ0n) is 14.6. The maximum Gasteiger partial charge on any atom is 0.311 e. The minimum absolute atomic E-state index is 0.0667. The molecule has 2 fully saturated rings. The van der Waals surface area contributed by atoms with Crippen LogP contribution in [0.2, 0.25) is 5.02 Å². The maximum atomic E-state index is 13.2. The molecular weight excluding hydrogens is 363 g/mol. The molecule has 8 heteroatoms. The number of nitrogens with zero attached hydrogens (tertiary/aromatic N) is 2. The largest absolute Gasteiger partial charge is 0.484 e. The Morgan fingerprint density at radius 3 is 2.85 bits per heavy atom. The number of rotatable bonds is 4. The number of carbonyl (C=O) groups is 2. The van der Waals surface area contributed by atoms with Gasteiger partial charge in [0.15, 0.2) is 6.61 Å². The Hall–Kier alpha value is -1.86. The van der Waals surface area contributed by atoms with Crippen molar-refractivity contribution in [3.8, 4) is 5.75 Å². The third-order valence-corrected chi connectivity index (χ3v) is 5.85. The number of aliphatic carboxylic acids is 1. The van der Waals surface area contributed by atoms with Crippen LogP contribution in [0.25, 0.3) is 0 Å². The van der Waals surface area contributed by atoms with Crippen molar-refractivity contribution in [1.29, 1.82) is 0 Å². The van der Waals surface area contributed by atoms with E-state index >= 15 is 0 Å². The highest BCUT2D eigenvalue weighted by Gasteiger charge is 2.52. The van der Waals surface area contributed by atoms with Crippen molar-refractivity contribution >= 4 is 23.5 Å². The molecule has 2 aliphatic heterocycles. The number of halogens is 2. The highest BCUT2D eigenvalue weighted by atomic mass is 35.5. The van der Waals surface area contributed by atoms with E-state index in [1.165, 1.54) is 18.2 Å². The number of hydrogen-bond acceptors (Lipinski definition) is 4. The van der Waals surface area contributed by atoms with Crippen LogP contribution in [-0.4, -0.2) is 66.1 Å². The summed E-state index contributed by atoms with van der Waals surface area (Å²) in [7, 11) is 1.91.